The van der Waals surface area contributed by atoms with Crippen molar-refractivity contribution in [2.24, 2.45) is 5.14 Å². The number of nitrogens with zero attached hydrogens (tertiary/aromatic N) is 2. The van der Waals surface area contributed by atoms with Gasteiger partial charge in [0.15, 0.2) is 5.65 Å². The van der Waals surface area contributed by atoms with E-state index in [1.54, 1.807) is 26.0 Å². The maximum Gasteiger partial charge on any atom is 0.329 e. The normalized spacial score (nSPS) is 11.8. The lowest BCUT2D eigenvalue weighted by molar-refractivity contribution is 0.102. The monoisotopic (exact) mass is 459 g/mol. The highest BCUT2D eigenvalue weighted by atomic mass is 32.2. The number of sulfonamides is 1. The summed E-state index contributed by atoms with van der Waals surface area (Å²) in [6.07, 6.45) is 0.441. The van der Waals surface area contributed by atoms with Crippen molar-refractivity contribution < 1.29 is 13.2 Å². The van der Waals surface area contributed by atoms with E-state index < -0.39 is 27.2 Å². The van der Waals surface area contributed by atoms with Gasteiger partial charge in [0.05, 0.1) is 15.8 Å². The Kier molecular flexibility index (Phi) is 6.33. The third-order valence-corrected chi connectivity index (χ3v) is 6.13. The van der Waals surface area contributed by atoms with Crippen LogP contribution in [0.4, 0.5) is 5.69 Å². The SMILES string of the molecule is CCc1ccc(NC(=O)c2cc(C(C)C)nc3c2c(=O)[nH]c(=O)n3CC)cc1S(N)(=O)=O. The van der Waals surface area contributed by atoms with Gasteiger partial charge < -0.3 is 5.32 Å². The minimum atomic E-state index is -4.00. The third-order valence-electron chi connectivity index (χ3n) is 5.13. The average molecular weight is 460 g/mol. The second-order valence-corrected chi connectivity index (χ2v) is 9.16. The number of carbonyl (C=O) groups is 1. The van der Waals surface area contributed by atoms with Gasteiger partial charge in [-0.1, -0.05) is 26.8 Å². The maximum absolute atomic E-state index is 13.2. The first kappa shape index (κ1) is 23.4. The summed E-state index contributed by atoms with van der Waals surface area (Å²) in [5.41, 5.74) is 0.0502. The van der Waals surface area contributed by atoms with E-state index in [-0.39, 0.29) is 39.6 Å². The number of hydrogen-bond donors (Lipinski definition) is 3. The molecule has 3 rings (SSSR count). The van der Waals surface area contributed by atoms with Crippen LogP contribution in [0.25, 0.3) is 11.0 Å². The van der Waals surface area contributed by atoms with E-state index in [1.165, 1.54) is 16.7 Å². The Morgan fingerprint density at radius 2 is 1.91 bits per heavy atom. The minimum absolute atomic E-state index is 0.0230. The van der Waals surface area contributed by atoms with Crippen LogP contribution in [0.2, 0.25) is 0 Å². The number of amides is 1. The summed E-state index contributed by atoms with van der Waals surface area (Å²) in [4.78, 5) is 44.6. The number of anilines is 1. The number of benzene rings is 1. The summed E-state index contributed by atoms with van der Waals surface area (Å²) in [5.74, 6) is -0.723. The summed E-state index contributed by atoms with van der Waals surface area (Å²) < 4.78 is 25.2. The third kappa shape index (κ3) is 4.34. The first-order chi connectivity index (χ1) is 15.0. The smallest absolute Gasteiger partial charge is 0.322 e. The van der Waals surface area contributed by atoms with Gasteiger partial charge in [0.2, 0.25) is 10.0 Å². The first-order valence-corrected chi connectivity index (χ1v) is 11.7. The molecular weight excluding hydrogens is 434 g/mol. The van der Waals surface area contributed by atoms with Crippen molar-refractivity contribution >= 4 is 32.7 Å². The molecule has 1 amide bonds. The predicted octanol–water partition coefficient (Wildman–Crippen LogP) is 1.69. The molecule has 0 unspecified atom stereocenters. The second-order valence-electron chi connectivity index (χ2n) is 7.63. The van der Waals surface area contributed by atoms with Crippen molar-refractivity contribution in [1.29, 1.82) is 0 Å². The summed E-state index contributed by atoms with van der Waals surface area (Å²) in [6, 6.07) is 5.92. The van der Waals surface area contributed by atoms with Crippen molar-refractivity contribution in [3.8, 4) is 0 Å². The van der Waals surface area contributed by atoms with E-state index in [4.69, 9.17) is 5.14 Å². The average Bonchev–Trinajstić information content (AvgIpc) is 2.72. The van der Waals surface area contributed by atoms with Gasteiger partial charge in [-0.25, -0.2) is 23.3 Å². The van der Waals surface area contributed by atoms with Crippen LogP contribution >= 0.6 is 0 Å². The van der Waals surface area contributed by atoms with Gasteiger partial charge >= 0.3 is 5.69 Å². The van der Waals surface area contributed by atoms with Crippen LogP contribution in [0.15, 0.2) is 38.8 Å². The van der Waals surface area contributed by atoms with Crippen molar-refractivity contribution in [2.45, 2.75) is 51.5 Å². The summed E-state index contributed by atoms with van der Waals surface area (Å²) in [7, 11) is -4.00. The molecule has 0 aliphatic heterocycles. The molecule has 2 aromatic heterocycles. The molecule has 1 aromatic carbocycles. The molecule has 10 nitrogen and oxygen atoms in total. The van der Waals surface area contributed by atoms with Gasteiger partial charge in [-0.05, 0) is 43.0 Å². The van der Waals surface area contributed by atoms with Crippen LogP contribution in [-0.4, -0.2) is 28.9 Å². The molecule has 3 aromatic rings. The number of primary sulfonamides is 1. The summed E-state index contributed by atoms with van der Waals surface area (Å²) in [6.45, 7) is 7.52. The number of nitrogens with one attached hydrogen (secondary N) is 2. The minimum Gasteiger partial charge on any atom is -0.322 e. The topological polar surface area (TPSA) is 157 Å². The quantitative estimate of drug-likeness (QED) is 0.509. The molecule has 0 aliphatic rings. The number of rotatable bonds is 6. The van der Waals surface area contributed by atoms with Crippen molar-refractivity contribution in [3.05, 3.63) is 61.9 Å². The van der Waals surface area contributed by atoms with Gasteiger partial charge in [-0.15, -0.1) is 0 Å². The second kappa shape index (κ2) is 8.67. The van der Waals surface area contributed by atoms with E-state index in [1.807, 2.05) is 13.8 Å². The molecule has 4 N–H and O–H groups in total. The summed E-state index contributed by atoms with van der Waals surface area (Å²) in [5, 5.41) is 7.92. The number of nitrogens with two attached hydrogens (primary N) is 1. The molecule has 11 heteroatoms. The van der Waals surface area contributed by atoms with E-state index in [0.717, 1.165) is 0 Å². The van der Waals surface area contributed by atoms with E-state index >= 15 is 0 Å². The molecule has 0 saturated heterocycles. The molecular formula is C21H25N5O5S. The number of aromatic nitrogens is 3. The fourth-order valence-electron chi connectivity index (χ4n) is 3.45. The summed E-state index contributed by atoms with van der Waals surface area (Å²) >= 11 is 0. The number of aryl methyl sites for hydroxylation is 2. The lowest BCUT2D eigenvalue weighted by Gasteiger charge is -2.15. The van der Waals surface area contributed by atoms with Gasteiger partial charge in [0, 0.05) is 17.9 Å². The molecule has 0 saturated carbocycles. The molecule has 32 heavy (non-hydrogen) atoms. The first-order valence-electron chi connectivity index (χ1n) is 10.1. The van der Waals surface area contributed by atoms with Crippen LogP contribution in [0.1, 0.15) is 55.2 Å². The number of aromatic amines is 1. The highest BCUT2D eigenvalue weighted by Crippen LogP contribution is 2.23. The van der Waals surface area contributed by atoms with Crippen molar-refractivity contribution in [1.82, 2.24) is 14.5 Å². The zero-order valence-corrected chi connectivity index (χ0v) is 19.0. The lowest BCUT2D eigenvalue weighted by Crippen LogP contribution is -2.32. The highest BCUT2D eigenvalue weighted by Gasteiger charge is 2.21. The Bertz CT molecular complexity index is 1440. The largest absolute Gasteiger partial charge is 0.329 e. The van der Waals surface area contributed by atoms with E-state index in [9.17, 15) is 22.8 Å². The van der Waals surface area contributed by atoms with Gasteiger partial charge in [0.25, 0.3) is 11.5 Å². The highest BCUT2D eigenvalue weighted by molar-refractivity contribution is 7.89. The number of carbonyl (C=O) groups excluding carboxylic acids is 1. The maximum atomic E-state index is 13.2. The van der Waals surface area contributed by atoms with Crippen LogP contribution in [0.3, 0.4) is 0 Å². The Labute approximate surface area is 184 Å². The van der Waals surface area contributed by atoms with E-state index in [2.05, 4.69) is 15.3 Å². The van der Waals surface area contributed by atoms with Crippen molar-refractivity contribution in [3.63, 3.8) is 0 Å². The number of H-pyrrole nitrogens is 1. The molecule has 0 atom stereocenters. The van der Waals surface area contributed by atoms with Gasteiger partial charge in [-0.3, -0.25) is 19.1 Å². The predicted molar refractivity (Wildman–Crippen MR) is 122 cm³/mol. The Morgan fingerprint density at radius 3 is 2.47 bits per heavy atom. The zero-order valence-electron chi connectivity index (χ0n) is 18.2. The van der Waals surface area contributed by atoms with Gasteiger partial charge in [-0.2, -0.15) is 0 Å². The number of pyridine rings is 1. The van der Waals surface area contributed by atoms with Crippen LogP contribution in [0, 0.1) is 0 Å². The Hall–Kier alpha value is -3.31. The van der Waals surface area contributed by atoms with Crippen LogP contribution in [0.5, 0.6) is 0 Å². The molecule has 0 aliphatic carbocycles. The molecule has 0 spiro atoms. The number of hydrogen-bond acceptors (Lipinski definition) is 6. The van der Waals surface area contributed by atoms with E-state index in [0.29, 0.717) is 17.7 Å². The molecule has 170 valence electrons. The molecule has 0 bridgehead atoms. The Balaban J connectivity index is 2.21. The Morgan fingerprint density at radius 1 is 1.22 bits per heavy atom. The lowest BCUT2D eigenvalue weighted by atomic mass is 10.0. The number of fused-ring (bicyclic) bond motifs is 1. The molecule has 0 radical (unpaired) electrons. The van der Waals surface area contributed by atoms with Crippen LogP contribution in [-0.2, 0) is 23.0 Å². The zero-order chi connectivity index (χ0) is 23.8. The van der Waals surface area contributed by atoms with Gasteiger partial charge in [0.1, 0.15) is 0 Å². The fourth-order valence-corrected chi connectivity index (χ4v) is 4.32. The standard InChI is InChI=1S/C21H25N5O5S/c1-5-12-7-8-13(9-16(12)32(22,30)31)23-19(27)14-10-15(11(3)4)24-18-17(14)20(28)25-21(29)26(18)6-2/h7-11H,5-6H2,1-4H3,(H,23,27)(H2,22,30,31)(H,25,28,29). The molecule has 2 heterocycles. The molecule has 0 fully saturated rings. The fraction of sp³-hybridized carbons (Fsp3) is 0.333. The van der Waals surface area contributed by atoms with Crippen LogP contribution < -0.4 is 21.7 Å². The van der Waals surface area contributed by atoms with Crippen molar-refractivity contribution in [2.75, 3.05) is 5.32 Å².